The molecule has 0 aliphatic heterocycles. The van der Waals surface area contributed by atoms with Gasteiger partial charge in [-0.2, -0.15) is 6.08 Å². The monoisotopic (exact) mass is 548 g/mol. The van der Waals surface area contributed by atoms with Crippen LogP contribution in [0.1, 0.15) is 66.5 Å². The van der Waals surface area contributed by atoms with Crippen LogP contribution in [0.4, 0.5) is 0 Å². The largest absolute Gasteiger partial charge is 2.00 e. The third-order valence-electron chi connectivity index (χ3n) is 5.02. The van der Waals surface area contributed by atoms with Crippen LogP contribution in [0.5, 0.6) is 0 Å². The standard InChI is InChI=1S/C21H25.C5H5.CH4.2CH3.2ClH.Zr/c1-20(2,3)16-7-9-18-14(12-16)11-15-13-17(21(4,5)6)8-10-19(15)18;1-2-4-5-3-1;;;;;;/h7-13H,1-6H3;1-3H,4H2;1H4;2*1H3;2*1H;/q2*-1;;2*-1;;;+2/p-2. The molecule has 1 aliphatic carbocycles. The Hall–Kier alpha value is -0.747. The van der Waals surface area contributed by atoms with Crippen LogP contribution in [0.3, 0.4) is 0 Å². The number of hydrogen-bond acceptors (Lipinski definition) is 0. The molecule has 0 atom stereocenters. The Bertz CT molecular complexity index is 902. The molecule has 0 fully saturated rings. The number of rotatable bonds is 0. The van der Waals surface area contributed by atoms with Crippen molar-refractivity contribution in [3.8, 4) is 0 Å². The average molecular weight is 551 g/mol. The molecule has 0 amide bonds. The van der Waals surface area contributed by atoms with Crippen molar-refractivity contribution in [2.75, 3.05) is 0 Å². The van der Waals surface area contributed by atoms with E-state index in [2.05, 4.69) is 96.2 Å². The Balaban J connectivity index is -0.000000319. The molecule has 3 heteroatoms. The predicted molar refractivity (Wildman–Crippen MR) is 136 cm³/mol. The summed E-state index contributed by atoms with van der Waals surface area (Å²) in [5.74, 6) is 0. The third-order valence-corrected chi connectivity index (χ3v) is 5.02. The molecule has 0 heterocycles. The third kappa shape index (κ3) is 9.25. The van der Waals surface area contributed by atoms with Gasteiger partial charge in [0.1, 0.15) is 0 Å². The first-order valence-electron chi connectivity index (χ1n) is 9.52. The first-order chi connectivity index (χ1) is 12.2. The summed E-state index contributed by atoms with van der Waals surface area (Å²) in [6, 6.07) is 16.2. The fourth-order valence-corrected chi connectivity index (χ4v) is 3.30. The molecule has 178 valence electrons. The Morgan fingerprint density at radius 3 is 1.41 bits per heavy atom. The van der Waals surface area contributed by atoms with Crippen LogP contribution in [-0.2, 0) is 37.0 Å². The molecule has 1 aliphatic rings. The predicted octanol–water partition coefficient (Wildman–Crippen LogP) is 3.15. The van der Waals surface area contributed by atoms with Gasteiger partial charge in [-0.15, -0.1) is 46.2 Å². The molecule has 0 radical (unpaired) electrons. The van der Waals surface area contributed by atoms with Crippen LogP contribution >= 0.6 is 0 Å². The van der Waals surface area contributed by atoms with Gasteiger partial charge in [0, 0.05) is 0 Å². The van der Waals surface area contributed by atoms with Crippen molar-refractivity contribution in [3.63, 3.8) is 0 Å². The molecule has 3 aromatic carbocycles. The van der Waals surface area contributed by atoms with Crippen LogP contribution in [0.15, 0.2) is 60.7 Å². The zero-order chi connectivity index (χ0) is 18.9. The van der Waals surface area contributed by atoms with Gasteiger partial charge in [-0.25, -0.2) is 12.2 Å². The van der Waals surface area contributed by atoms with E-state index in [0.29, 0.717) is 0 Å². The first kappa shape index (κ1) is 38.5. The van der Waals surface area contributed by atoms with Gasteiger partial charge in [-0.1, -0.05) is 84.4 Å². The Morgan fingerprint density at radius 2 is 1.16 bits per heavy atom. The van der Waals surface area contributed by atoms with Crippen molar-refractivity contribution in [2.24, 2.45) is 0 Å². The van der Waals surface area contributed by atoms with E-state index in [0.717, 1.165) is 6.42 Å². The fraction of sp³-hybridized carbons (Fsp3) is 0.345. The second kappa shape index (κ2) is 15.2. The van der Waals surface area contributed by atoms with Crippen LogP contribution in [-0.4, -0.2) is 0 Å². The topological polar surface area (TPSA) is 0 Å². The van der Waals surface area contributed by atoms with Crippen molar-refractivity contribution in [1.82, 2.24) is 0 Å². The summed E-state index contributed by atoms with van der Waals surface area (Å²) in [6.45, 7) is 13.6. The summed E-state index contributed by atoms with van der Waals surface area (Å²) < 4.78 is 0. The molecular formula is C29H40Cl2Zr-4. The van der Waals surface area contributed by atoms with E-state index in [1.165, 1.54) is 32.7 Å². The van der Waals surface area contributed by atoms with E-state index in [9.17, 15) is 0 Å². The van der Waals surface area contributed by atoms with E-state index >= 15 is 0 Å². The first-order valence-corrected chi connectivity index (χ1v) is 9.52. The Morgan fingerprint density at radius 1 is 0.750 bits per heavy atom. The molecule has 3 aromatic rings. The summed E-state index contributed by atoms with van der Waals surface area (Å²) in [5, 5.41) is 5.48. The fourth-order valence-electron chi connectivity index (χ4n) is 3.30. The summed E-state index contributed by atoms with van der Waals surface area (Å²) in [6.07, 6.45) is 10.0. The maximum atomic E-state index is 2.99. The van der Waals surface area contributed by atoms with Crippen molar-refractivity contribution in [3.05, 3.63) is 92.7 Å². The Labute approximate surface area is 230 Å². The van der Waals surface area contributed by atoms with E-state index in [1.807, 2.05) is 12.2 Å². The maximum Gasteiger partial charge on any atom is 2.00 e. The van der Waals surface area contributed by atoms with Gasteiger partial charge in [0.05, 0.1) is 0 Å². The van der Waals surface area contributed by atoms with Gasteiger partial charge in [-0.3, -0.25) is 6.08 Å². The van der Waals surface area contributed by atoms with Gasteiger partial charge < -0.3 is 39.7 Å². The quantitative estimate of drug-likeness (QED) is 0.378. The molecular weight excluding hydrogens is 510 g/mol. The number of halogens is 2. The van der Waals surface area contributed by atoms with E-state index < -0.39 is 0 Å². The van der Waals surface area contributed by atoms with Gasteiger partial charge >= 0.3 is 26.2 Å². The van der Waals surface area contributed by atoms with E-state index in [4.69, 9.17) is 0 Å². The second-order valence-electron chi connectivity index (χ2n) is 9.25. The molecule has 0 spiro atoms. The minimum Gasteiger partial charge on any atom is -1.00 e. The maximum absolute atomic E-state index is 2.99. The Kier molecular flexibility index (Phi) is 18.3. The van der Waals surface area contributed by atoms with Crippen LogP contribution in [0, 0.1) is 20.9 Å². The number of benzene rings is 2. The minimum absolute atomic E-state index is 0. The van der Waals surface area contributed by atoms with E-state index in [1.54, 1.807) is 0 Å². The molecule has 0 N–H and O–H groups in total. The van der Waals surface area contributed by atoms with Crippen LogP contribution < -0.4 is 24.8 Å². The molecule has 0 bridgehead atoms. The molecule has 32 heavy (non-hydrogen) atoms. The summed E-state index contributed by atoms with van der Waals surface area (Å²) in [7, 11) is 0. The van der Waals surface area contributed by atoms with Gasteiger partial charge in [0.25, 0.3) is 0 Å². The van der Waals surface area contributed by atoms with Gasteiger partial charge in [0.15, 0.2) is 0 Å². The van der Waals surface area contributed by atoms with Crippen LogP contribution in [0.2, 0.25) is 0 Å². The van der Waals surface area contributed by atoms with Crippen molar-refractivity contribution < 1.29 is 51.0 Å². The second-order valence-corrected chi connectivity index (χ2v) is 9.25. The molecule has 0 aromatic heterocycles. The number of fused-ring (bicyclic) bond motifs is 3. The number of hydrogen-bond donors (Lipinski definition) is 0. The summed E-state index contributed by atoms with van der Waals surface area (Å²) in [4.78, 5) is 0. The molecule has 0 nitrogen and oxygen atoms in total. The zero-order valence-corrected chi connectivity index (χ0v) is 24.2. The summed E-state index contributed by atoms with van der Waals surface area (Å²) in [5.41, 5.74) is 3.21. The molecule has 4 rings (SSSR count). The normalized spacial score (nSPS) is 11.4. The minimum atomic E-state index is 0. The average Bonchev–Trinajstić information content (AvgIpc) is 3.23. The smallest absolute Gasteiger partial charge is 1.00 e. The van der Waals surface area contributed by atoms with E-state index in [-0.39, 0.29) is 84.1 Å². The van der Waals surface area contributed by atoms with Crippen LogP contribution in [0.25, 0.3) is 21.5 Å². The molecule has 0 saturated carbocycles. The van der Waals surface area contributed by atoms with Gasteiger partial charge in [0.2, 0.25) is 0 Å². The van der Waals surface area contributed by atoms with Crippen molar-refractivity contribution in [1.29, 1.82) is 0 Å². The molecule has 0 unspecified atom stereocenters. The summed E-state index contributed by atoms with van der Waals surface area (Å²) >= 11 is 0. The zero-order valence-electron chi connectivity index (χ0n) is 20.2. The van der Waals surface area contributed by atoms with Crippen molar-refractivity contribution in [2.45, 2.75) is 66.2 Å². The van der Waals surface area contributed by atoms with Gasteiger partial charge in [-0.05, 0) is 10.8 Å². The van der Waals surface area contributed by atoms with Crippen molar-refractivity contribution >= 4 is 21.5 Å². The number of allylic oxidation sites excluding steroid dienone is 4. The molecule has 0 saturated heterocycles. The SMILES string of the molecule is C.CC(C)(C)c1ccc2c(c1)[cH-]c1cc(C(C)(C)C)ccc12.[C-]1=CC=CC1.[CH3-].[CH3-].[Cl-].[Cl-].[Zr+2].